The highest BCUT2D eigenvalue weighted by Gasteiger charge is 2.12. The molecule has 0 saturated carbocycles. The van der Waals surface area contributed by atoms with Gasteiger partial charge in [0.15, 0.2) is 18.1 Å². The number of methoxy groups -OCH3 is 1. The minimum absolute atomic E-state index is 0.0167. The number of rotatable bonds is 6. The molecule has 0 bridgehead atoms. The molecule has 0 unspecified atom stereocenters. The van der Waals surface area contributed by atoms with E-state index in [-0.39, 0.29) is 6.61 Å². The van der Waals surface area contributed by atoms with Crippen molar-refractivity contribution in [3.8, 4) is 17.6 Å². The van der Waals surface area contributed by atoms with Crippen LogP contribution in [0.2, 0.25) is 5.02 Å². The summed E-state index contributed by atoms with van der Waals surface area (Å²) in [7, 11) is 1.54. The second kappa shape index (κ2) is 7.00. The fourth-order valence-corrected chi connectivity index (χ4v) is 1.66. The molecule has 0 aliphatic rings. The molecule has 17 heavy (non-hydrogen) atoms. The average Bonchev–Trinajstić information content (AvgIpc) is 2.34. The summed E-state index contributed by atoms with van der Waals surface area (Å²) in [6.07, 6.45) is 0. The fraction of sp³-hybridized carbons (Fsp3) is 0.417. The molecule has 0 saturated heterocycles. The monoisotopic (exact) mass is 254 g/mol. The molecule has 0 fully saturated rings. The Hall–Kier alpha value is -1.44. The smallest absolute Gasteiger partial charge is 0.174 e. The van der Waals surface area contributed by atoms with Gasteiger partial charge in [0.05, 0.1) is 7.11 Å². The Morgan fingerprint density at radius 1 is 1.47 bits per heavy atom. The van der Waals surface area contributed by atoms with Crippen molar-refractivity contribution in [2.45, 2.75) is 13.5 Å². The van der Waals surface area contributed by atoms with Crippen molar-refractivity contribution in [1.29, 1.82) is 5.26 Å². The predicted molar refractivity (Wildman–Crippen MR) is 66.5 cm³/mol. The molecule has 0 radical (unpaired) electrons. The summed E-state index contributed by atoms with van der Waals surface area (Å²) in [6.45, 7) is 3.45. The van der Waals surface area contributed by atoms with Crippen LogP contribution in [0, 0.1) is 11.3 Å². The van der Waals surface area contributed by atoms with Gasteiger partial charge in [-0.3, -0.25) is 0 Å². The van der Waals surface area contributed by atoms with E-state index in [4.69, 9.17) is 26.3 Å². The highest BCUT2D eigenvalue weighted by molar-refractivity contribution is 6.30. The fourth-order valence-electron chi connectivity index (χ4n) is 1.43. The van der Waals surface area contributed by atoms with E-state index in [0.717, 1.165) is 12.1 Å². The Kier molecular flexibility index (Phi) is 5.61. The Labute approximate surface area is 106 Å². The molecule has 0 heterocycles. The predicted octanol–water partition coefficient (Wildman–Crippen LogP) is 2.36. The van der Waals surface area contributed by atoms with Gasteiger partial charge in [0.2, 0.25) is 0 Å². The second-order valence-electron chi connectivity index (χ2n) is 3.32. The van der Waals surface area contributed by atoms with Gasteiger partial charge >= 0.3 is 0 Å². The zero-order valence-electron chi connectivity index (χ0n) is 9.92. The van der Waals surface area contributed by atoms with Gasteiger partial charge in [-0.2, -0.15) is 5.26 Å². The maximum absolute atomic E-state index is 8.56. The lowest BCUT2D eigenvalue weighted by Gasteiger charge is -2.14. The molecule has 1 aromatic rings. The van der Waals surface area contributed by atoms with E-state index >= 15 is 0 Å². The number of ether oxygens (including phenoxy) is 2. The van der Waals surface area contributed by atoms with Crippen LogP contribution in [-0.2, 0) is 6.54 Å². The van der Waals surface area contributed by atoms with Crippen molar-refractivity contribution in [2.75, 3.05) is 20.3 Å². The summed E-state index contributed by atoms with van der Waals surface area (Å²) in [6, 6.07) is 5.41. The molecule has 0 amide bonds. The van der Waals surface area contributed by atoms with Gasteiger partial charge in [0.25, 0.3) is 0 Å². The number of hydrogen-bond acceptors (Lipinski definition) is 4. The van der Waals surface area contributed by atoms with Crippen molar-refractivity contribution in [3.63, 3.8) is 0 Å². The van der Waals surface area contributed by atoms with Crippen molar-refractivity contribution < 1.29 is 9.47 Å². The van der Waals surface area contributed by atoms with Gasteiger partial charge in [-0.15, -0.1) is 0 Å². The summed E-state index contributed by atoms with van der Waals surface area (Å²) < 4.78 is 10.6. The van der Waals surface area contributed by atoms with E-state index in [2.05, 4.69) is 5.32 Å². The third kappa shape index (κ3) is 3.81. The van der Waals surface area contributed by atoms with Crippen LogP contribution >= 0.6 is 11.6 Å². The van der Waals surface area contributed by atoms with Gasteiger partial charge in [-0.05, 0) is 12.6 Å². The van der Waals surface area contributed by atoms with Crippen molar-refractivity contribution in [3.05, 3.63) is 22.7 Å². The van der Waals surface area contributed by atoms with E-state index in [1.54, 1.807) is 19.2 Å². The Balaban J connectivity index is 3.05. The number of nitrogens with zero attached hydrogens (tertiary/aromatic N) is 1. The van der Waals surface area contributed by atoms with Crippen LogP contribution in [0.1, 0.15) is 12.5 Å². The lowest BCUT2D eigenvalue weighted by Crippen LogP contribution is -2.13. The number of halogens is 1. The van der Waals surface area contributed by atoms with Crippen LogP contribution in [-0.4, -0.2) is 20.3 Å². The summed E-state index contributed by atoms with van der Waals surface area (Å²) in [5.41, 5.74) is 0.881. The molecule has 0 spiro atoms. The van der Waals surface area contributed by atoms with Gasteiger partial charge in [0, 0.05) is 23.2 Å². The zero-order chi connectivity index (χ0) is 12.7. The van der Waals surface area contributed by atoms with E-state index in [9.17, 15) is 0 Å². The number of hydrogen-bond donors (Lipinski definition) is 1. The third-order valence-corrected chi connectivity index (χ3v) is 2.38. The zero-order valence-corrected chi connectivity index (χ0v) is 10.7. The first-order chi connectivity index (χ1) is 8.22. The second-order valence-corrected chi connectivity index (χ2v) is 3.76. The first-order valence-corrected chi connectivity index (χ1v) is 5.67. The van der Waals surface area contributed by atoms with Gasteiger partial charge in [-0.25, -0.2) is 0 Å². The number of benzene rings is 1. The van der Waals surface area contributed by atoms with Crippen LogP contribution in [0.25, 0.3) is 0 Å². The highest BCUT2D eigenvalue weighted by Crippen LogP contribution is 2.34. The Bertz CT molecular complexity index is 416. The molecule has 1 aromatic carbocycles. The quantitative estimate of drug-likeness (QED) is 0.847. The molecule has 0 aliphatic heterocycles. The molecule has 5 heteroatoms. The maximum Gasteiger partial charge on any atom is 0.174 e. The molecule has 92 valence electrons. The first-order valence-electron chi connectivity index (χ1n) is 5.29. The molecule has 1 N–H and O–H groups in total. The SMILES string of the molecule is CCNCc1cc(Cl)cc(OC)c1OCC#N. The highest BCUT2D eigenvalue weighted by atomic mass is 35.5. The summed E-state index contributed by atoms with van der Waals surface area (Å²) in [5.74, 6) is 1.11. The average molecular weight is 255 g/mol. The molecule has 0 aromatic heterocycles. The van der Waals surface area contributed by atoms with E-state index < -0.39 is 0 Å². The Morgan fingerprint density at radius 3 is 2.82 bits per heavy atom. The number of nitrogens with one attached hydrogen (secondary N) is 1. The lowest BCUT2D eigenvalue weighted by atomic mass is 10.2. The van der Waals surface area contributed by atoms with E-state index in [1.165, 1.54) is 0 Å². The molecule has 4 nitrogen and oxygen atoms in total. The van der Waals surface area contributed by atoms with Crippen molar-refractivity contribution in [2.24, 2.45) is 0 Å². The molecular formula is C12H15ClN2O2. The van der Waals surface area contributed by atoms with E-state index in [0.29, 0.717) is 23.1 Å². The molecular weight excluding hydrogens is 240 g/mol. The molecule has 0 atom stereocenters. The van der Waals surface area contributed by atoms with Crippen LogP contribution in [0.15, 0.2) is 12.1 Å². The first kappa shape index (κ1) is 13.6. The number of nitriles is 1. The van der Waals surface area contributed by atoms with Crippen LogP contribution < -0.4 is 14.8 Å². The van der Waals surface area contributed by atoms with Gasteiger partial charge < -0.3 is 14.8 Å². The topological polar surface area (TPSA) is 54.3 Å². The molecule has 1 rings (SSSR count). The molecule has 0 aliphatic carbocycles. The van der Waals surface area contributed by atoms with Gasteiger partial charge in [0.1, 0.15) is 6.07 Å². The summed E-state index contributed by atoms with van der Waals surface area (Å²) in [5, 5.41) is 12.3. The summed E-state index contributed by atoms with van der Waals surface area (Å²) >= 11 is 5.99. The summed E-state index contributed by atoms with van der Waals surface area (Å²) in [4.78, 5) is 0. The van der Waals surface area contributed by atoms with E-state index in [1.807, 2.05) is 13.0 Å². The van der Waals surface area contributed by atoms with Crippen molar-refractivity contribution >= 4 is 11.6 Å². The standard InChI is InChI=1S/C12H15ClN2O2/c1-3-15-8-9-6-10(13)7-11(16-2)12(9)17-5-4-14/h6-7,15H,3,5,8H2,1-2H3. The van der Waals surface area contributed by atoms with Crippen LogP contribution in [0.4, 0.5) is 0 Å². The van der Waals surface area contributed by atoms with Crippen LogP contribution in [0.5, 0.6) is 11.5 Å². The Morgan fingerprint density at radius 2 is 2.24 bits per heavy atom. The largest absolute Gasteiger partial charge is 0.493 e. The van der Waals surface area contributed by atoms with Gasteiger partial charge in [-0.1, -0.05) is 18.5 Å². The van der Waals surface area contributed by atoms with Crippen LogP contribution in [0.3, 0.4) is 0 Å². The normalized spacial score (nSPS) is 9.76. The lowest BCUT2D eigenvalue weighted by molar-refractivity contribution is 0.325. The maximum atomic E-state index is 8.56. The van der Waals surface area contributed by atoms with Crippen molar-refractivity contribution in [1.82, 2.24) is 5.32 Å². The minimum atomic E-state index is -0.0167. The third-order valence-electron chi connectivity index (χ3n) is 2.16. The minimum Gasteiger partial charge on any atom is -0.493 e.